The summed E-state index contributed by atoms with van der Waals surface area (Å²) in [4.78, 5) is 0. The van der Waals surface area contributed by atoms with Crippen molar-refractivity contribution in [3.63, 3.8) is 0 Å². The molecule has 0 radical (unpaired) electrons. The highest BCUT2D eigenvalue weighted by Crippen LogP contribution is 2.15. The van der Waals surface area contributed by atoms with E-state index in [0.29, 0.717) is 5.92 Å². The molecule has 0 fully saturated rings. The molecule has 0 heterocycles. The maximum Gasteiger partial charge on any atom is -0.0219 e. The Labute approximate surface area is 218 Å². The van der Waals surface area contributed by atoms with E-state index in [1.165, 1.54) is 27.8 Å². The first-order chi connectivity index (χ1) is 17.4. The summed E-state index contributed by atoms with van der Waals surface area (Å²) in [5.74, 6) is 0.619. The van der Waals surface area contributed by atoms with E-state index in [0.717, 1.165) is 11.1 Å². The number of rotatable bonds is 6. The molecule has 0 aliphatic rings. The van der Waals surface area contributed by atoms with E-state index in [4.69, 9.17) is 0 Å². The van der Waals surface area contributed by atoms with E-state index >= 15 is 0 Å². The molecule has 0 nitrogen and oxygen atoms in total. The summed E-state index contributed by atoms with van der Waals surface area (Å²) in [6, 6.07) is 37.3. The Morgan fingerprint density at radius 3 is 1.28 bits per heavy atom. The summed E-state index contributed by atoms with van der Waals surface area (Å²) < 4.78 is 0. The molecule has 0 aromatic heterocycles. The van der Waals surface area contributed by atoms with Gasteiger partial charge in [-0.2, -0.15) is 0 Å². The fourth-order valence-corrected chi connectivity index (χ4v) is 3.24. The molecule has 0 bridgehead atoms. The Bertz CT molecular complexity index is 1170. The molecule has 182 valence electrons. The number of allylic oxidation sites excluding steroid dienone is 1. The first-order valence-electron chi connectivity index (χ1n) is 12.3. The van der Waals surface area contributed by atoms with Crippen LogP contribution in [0.2, 0.25) is 0 Å². The summed E-state index contributed by atoms with van der Waals surface area (Å²) in [7, 11) is 0. The summed E-state index contributed by atoms with van der Waals surface area (Å²) in [5, 5.41) is 0. The van der Waals surface area contributed by atoms with Gasteiger partial charge in [-0.05, 0) is 46.2 Å². The molecule has 4 aromatic carbocycles. The van der Waals surface area contributed by atoms with Gasteiger partial charge in [-0.25, -0.2) is 0 Å². The lowest BCUT2D eigenvalue weighted by molar-refractivity contribution is 0.866. The predicted octanol–water partition coefficient (Wildman–Crippen LogP) is 10.7. The Balaban J connectivity index is 0.000000193. The topological polar surface area (TPSA) is 0 Å². The van der Waals surface area contributed by atoms with E-state index in [1.807, 2.05) is 67.6 Å². The summed E-state index contributed by atoms with van der Waals surface area (Å²) in [5.41, 5.74) is 8.48. The minimum atomic E-state index is 0.619. The largest absolute Gasteiger partial charge is 0.0985 e. The maximum absolute atomic E-state index is 3.86. The van der Waals surface area contributed by atoms with Crippen molar-refractivity contribution in [3.05, 3.63) is 162 Å². The van der Waals surface area contributed by atoms with Crippen LogP contribution in [-0.2, 0) is 0 Å². The smallest absolute Gasteiger partial charge is 0.0219 e. The second-order valence-corrected chi connectivity index (χ2v) is 8.79. The molecule has 0 heteroatoms. The molecule has 0 atom stereocenters. The standard InChI is InChI=1S/C14H12.C11H14.C11H12/c1-3-7-13(8-4-1)11-12-14-9-5-2-6-10-14;2*1-4-10-5-7-11(8-6-10)9(2)3/h1-12H;4-9H,1H2,2-3H3;4-8H,1-2H2,3H3/b12-11+;;. The van der Waals surface area contributed by atoms with Gasteiger partial charge in [-0.1, -0.05) is 173 Å². The van der Waals surface area contributed by atoms with Gasteiger partial charge in [0.05, 0.1) is 0 Å². The van der Waals surface area contributed by atoms with Crippen LogP contribution in [0.4, 0.5) is 0 Å². The van der Waals surface area contributed by atoms with Crippen molar-refractivity contribution in [1.29, 1.82) is 0 Å². The average molecular weight is 471 g/mol. The molecule has 0 saturated heterocycles. The Morgan fingerprint density at radius 1 is 0.556 bits per heavy atom. The fourth-order valence-electron chi connectivity index (χ4n) is 3.24. The third-order valence-electron chi connectivity index (χ3n) is 5.55. The van der Waals surface area contributed by atoms with Gasteiger partial charge in [-0.3, -0.25) is 0 Å². The van der Waals surface area contributed by atoms with E-state index in [1.54, 1.807) is 0 Å². The monoisotopic (exact) mass is 470 g/mol. The van der Waals surface area contributed by atoms with Crippen molar-refractivity contribution in [2.75, 3.05) is 0 Å². The molecule has 4 rings (SSSR count). The minimum Gasteiger partial charge on any atom is -0.0985 e. The van der Waals surface area contributed by atoms with Gasteiger partial charge >= 0.3 is 0 Å². The number of hydrogen-bond donors (Lipinski definition) is 0. The molecule has 0 N–H and O–H groups in total. The second kappa shape index (κ2) is 15.7. The van der Waals surface area contributed by atoms with Crippen LogP contribution >= 0.6 is 0 Å². The van der Waals surface area contributed by atoms with E-state index < -0.39 is 0 Å². The Morgan fingerprint density at radius 2 is 0.944 bits per heavy atom. The van der Waals surface area contributed by atoms with Crippen LogP contribution in [0, 0.1) is 0 Å². The lowest BCUT2D eigenvalue weighted by atomic mass is 10.0. The van der Waals surface area contributed by atoms with Crippen molar-refractivity contribution >= 4 is 29.9 Å². The van der Waals surface area contributed by atoms with Crippen LogP contribution in [0.25, 0.3) is 29.9 Å². The molecule has 0 saturated carbocycles. The lowest BCUT2D eigenvalue weighted by Crippen LogP contribution is -1.85. The fraction of sp³-hybridized carbons (Fsp3) is 0.111. The number of hydrogen-bond acceptors (Lipinski definition) is 0. The Kier molecular flexibility index (Phi) is 12.2. The molecule has 0 spiro atoms. The minimum absolute atomic E-state index is 0.619. The third-order valence-corrected chi connectivity index (χ3v) is 5.55. The second-order valence-electron chi connectivity index (χ2n) is 8.79. The molecule has 0 aliphatic heterocycles. The highest BCUT2D eigenvalue weighted by atomic mass is 14.0. The summed E-state index contributed by atoms with van der Waals surface area (Å²) >= 11 is 0. The molecule has 0 unspecified atom stereocenters. The first kappa shape index (κ1) is 28.1. The molecular formula is C36H38. The van der Waals surface area contributed by atoms with Gasteiger partial charge in [0.15, 0.2) is 0 Å². The zero-order valence-corrected chi connectivity index (χ0v) is 21.9. The highest BCUT2D eigenvalue weighted by Gasteiger charge is 1.96. The number of benzene rings is 4. The predicted molar refractivity (Wildman–Crippen MR) is 164 cm³/mol. The van der Waals surface area contributed by atoms with Gasteiger partial charge in [-0.15, -0.1) is 0 Å². The van der Waals surface area contributed by atoms with Crippen LogP contribution in [0.1, 0.15) is 60.1 Å². The first-order valence-corrected chi connectivity index (χ1v) is 12.3. The Hall–Kier alpha value is -4.16. The summed E-state index contributed by atoms with van der Waals surface area (Å²) in [6.07, 6.45) is 7.94. The quantitative estimate of drug-likeness (QED) is 0.246. The van der Waals surface area contributed by atoms with Gasteiger partial charge < -0.3 is 0 Å². The maximum atomic E-state index is 3.86. The molecule has 0 amide bonds. The van der Waals surface area contributed by atoms with Crippen molar-refractivity contribution < 1.29 is 0 Å². The lowest BCUT2D eigenvalue weighted by Gasteiger charge is -2.04. The average Bonchev–Trinajstić information content (AvgIpc) is 2.94. The molecule has 4 aromatic rings. The van der Waals surface area contributed by atoms with Crippen molar-refractivity contribution in [3.8, 4) is 0 Å². The van der Waals surface area contributed by atoms with Crippen molar-refractivity contribution in [1.82, 2.24) is 0 Å². The van der Waals surface area contributed by atoms with E-state index in [2.05, 4.69) is 106 Å². The molecule has 36 heavy (non-hydrogen) atoms. The zero-order chi connectivity index (χ0) is 26.2. The van der Waals surface area contributed by atoms with Crippen molar-refractivity contribution in [2.45, 2.75) is 26.7 Å². The van der Waals surface area contributed by atoms with Gasteiger partial charge in [0, 0.05) is 0 Å². The van der Waals surface area contributed by atoms with Crippen LogP contribution in [0.15, 0.2) is 129 Å². The SMILES string of the molecule is C(=C\c1ccccc1)/c1ccccc1.C=Cc1ccc(C(=C)C)cc1.C=Cc1ccc(C(C)C)cc1. The molecular weight excluding hydrogens is 432 g/mol. The molecule has 0 aliphatic carbocycles. The van der Waals surface area contributed by atoms with Crippen LogP contribution < -0.4 is 0 Å². The van der Waals surface area contributed by atoms with Gasteiger partial charge in [0.1, 0.15) is 0 Å². The van der Waals surface area contributed by atoms with Crippen LogP contribution in [0.5, 0.6) is 0 Å². The normalized spacial score (nSPS) is 10.0. The highest BCUT2D eigenvalue weighted by molar-refractivity contribution is 5.69. The van der Waals surface area contributed by atoms with E-state index in [9.17, 15) is 0 Å². The van der Waals surface area contributed by atoms with Crippen LogP contribution in [-0.4, -0.2) is 0 Å². The summed E-state index contributed by atoms with van der Waals surface area (Å²) in [6.45, 7) is 17.6. The van der Waals surface area contributed by atoms with E-state index in [-0.39, 0.29) is 0 Å². The third kappa shape index (κ3) is 10.4. The van der Waals surface area contributed by atoms with Crippen molar-refractivity contribution in [2.24, 2.45) is 0 Å². The van der Waals surface area contributed by atoms with Gasteiger partial charge in [0.25, 0.3) is 0 Å². The van der Waals surface area contributed by atoms with Crippen LogP contribution in [0.3, 0.4) is 0 Å². The zero-order valence-electron chi connectivity index (χ0n) is 21.9. The van der Waals surface area contributed by atoms with Gasteiger partial charge in [0.2, 0.25) is 0 Å².